The van der Waals surface area contributed by atoms with Crippen LogP contribution in [0, 0.1) is 5.92 Å². The van der Waals surface area contributed by atoms with Gasteiger partial charge in [-0.25, -0.2) is 4.39 Å². The second-order valence-electron chi connectivity index (χ2n) is 8.50. The Labute approximate surface area is 168 Å². The fourth-order valence-corrected chi connectivity index (χ4v) is 8.58. The average Bonchev–Trinajstić information content (AvgIpc) is 3.35. The van der Waals surface area contributed by atoms with Crippen molar-refractivity contribution in [2.24, 2.45) is 5.92 Å². The van der Waals surface area contributed by atoms with E-state index in [1.165, 1.54) is 0 Å². The van der Waals surface area contributed by atoms with Gasteiger partial charge in [0, 0.05) is 6.42 Å². The van der Waals surface area contributed by atoms with E-state index >= 15 is 4.39 Å². The first-order valence-electron chi connectivity index (χ1n) is 9.85. The molecular formula is C23H29FO3Si. The Bertz CT molecular complexity index is 764. The highest BCUT2D eigenvalue weighted by atomic mass is 28.4. The number of hydrogen-bond donors (Lipinski definition) is 0. The number of carbonyl (C=O) groups excluding carboxylic acids is 1. The molecule has 1 saturated carbocycles. The van der Waals surface area contributed by atoms with E-state index in [1.54, 1.807) is 6.92 Å². The van der Waals surface area contributed by atoms with Crippen LogP contribution in [0.5, 0.6) is 0 Å². The van der Waals surface area contributed by atoms with Gasteiger partial charge in [0.15, 0.2) is 0 Å². The van der Waals surface area contributed by atoms with Crippen LogP contribution in [0.3, 0.4) is 0 Å². The van der Waals surface area contributed by atoms with Gasteiger partial charge in [-0.15, -0.1) is 0 Å². The fraction of sp³-hybridized carbons (Fsp3) is 0.435. The molecule has 5 heteroatoms. The topological polar surface area (TPSA) is 35.5 Å². The van der Waals surface area contributed by atoms with Crippen LogP contribution >= 0.6 is 0 Å². The lowest BCUT2D eigenvalue weighted by atomic mass is 10.2. The van der Waals surface area contributed by atoms with Crippen molar-refractivity contribution < 1.29 is 18.3 Å². The molecule has 0 spiro atoms. The summed E-state index contributed by atoms with van der Waals surface area (Å²) in [6.45, 7) is 8.36. The van der Waals surface area contributed by atoms with Gasteiger partial charge >= 0.3 is 5.97 Å². The lowest BCUT2D eigenvalue weighted by Crippen LogP contribution is -2.67. The van der Waals surface area contributed by atoms with Crippen molar-refractivity contribution in [3.63, 3.8) is 0 Å². The predicted molar refractivity (Wildman–Crippen MR) is 112 cm³/mol. The van der Waals surface area contributed by atoms with E-state index in [-0.39, 0.29) is 24.7 Å². The number of esters is 1. The van der Waals surface area contributed by atoms with E-state index in [4.69, 9.17) is 9.16 Å². The summed E-state index contributed by atoms with van der Waals surface area (Å²) in [4.78, 5) is 12.0. The third kappa shape index (κ3) is 3.78. The Morgan fingerprint density at radius 1 is 1.07 bits per heavy atom. The Hall–Kier alpha value is -1.98. The van der Waals surface area contributed by atoms with Gasteiger partial charge in [0.2, 0.25) is 0 Å². The van der Waals surface area contributed by atoms with Gasteiger partial charge in [-0.3, -0.25) is 4.79 Å². The minimum atomic E-state index is -2.79. The number of hydrogen-bond acceptors (Lipinski definition) is 3. The largest absolute Gasteiger partial charge is 0.466 e. The van der Waals surface area contributed by atoms with Crippen molar-refractivity contribution in [1.82, 2.24) is 0 Å². The zero-order valence-electron chi connectivity index (χ0n) is 17.1. The molecule has 0 radical (unpaired) electrons. The SMILES string of the molecule is CCOC(=O)C1CC1(F)CO[Si](c1ccccc1)(c1ccccc1)C(C)(C)C. The molecule has 28 heavy (non-hydrogen) atoms. The van der Waals surface area contributed by atoms with Crippen molar-refractivity contribution in [2.45, 2.75) is 44.8 Å². The Morgan fingerprint density at radius 2 is 1.57 bits per heavy atom. The van der Waals surface area contributed by atoms with Crippen LogP contribution in [-0.4, -0.2) is 33.2 Å². The van der Waals surface area contributed by atoms with Crippen LogP contribution in [0.1, 0.15) is 34.1 Å². The predicted octanol–water partition coefficient (Wildman–Crippen LogP) is 3.85. The maximum absolute atomic E-state index is 15.3. The highest BCUT2D eigenvalue weighted by molar-refractivity contribution is 6.99. The van der Waals surface area contributed by atoms with Crippen LogP contribution in [0.2, 0.25) is 5.04 Å². The summed E-state index contributed by atoms with van der Waals surface area (Å²) in [6.07, 6.45) is 0.171. The van der Waals surface area contributed by atoms with Gasteiger partial charge in [-0.1, -0.05) is 81.4 Å². The number of rotatable bonds is 7. The summed E-state index contributed by atoms with van der Waals surface area (Å²) in [5.74, 6) is -1.18. The van der Waals surface area contributed by atoms with E-state index in [1.807, 2.05) is 36.4 Å². The molecule has 0 N–H and O–H groups in total. The quantitative estimate of drug-likeness (QED) is 0.523. The maximum atomic E-state index is 15.3. The monoisotopic (exact) mass is 400 g/mol. The third-order valence-electron chi connectivity index (χ3n) is 5.52. The molecule has 2 aromatic rings. The zero-order chi connectivity index (χ0) is 20.4. The molecule has 0 bridgehead atoms. The Kier molecular flexibility index (Phi) is 5.78. The molecule has 150 valence electrons. The highest BCUT2D eigenvalue weighted by Crippen LogP contribution is 2.49. The number of halogens is 1. The van der Waals surface area contributed by atoms with Gasteiger partial charge in [0.1, 0.15) is 5.67 Å². The average molecular weight is 401 g/mol. The lowest BCUT2D eigenvalue weighted by Gasteiger charge is -2.43. The molecule has 2 unspecified atom stereocenters. The number of benzene rings is 2. The Balaban J connectivity index is 1.97. The second kappa shape index (κ2) is 7.80. The first kappa shape index (κ1) is 20.7. The molecule has 0 aromatic heterocycles. The Morgan fingerprint density at radius 3 is 2.00 bits per heavy atom. The van der Waals surface area contributed by atoms with Crippen LogP contribution in [0.4, 0.5) is 4.39 Å². The summed E-state index contributed by atoms with van der Waals surface area (Å²) in [5.41, 5.74) is -1.64. The van der Waals surface area contributed by atoms with Crippen LogP contribution < -0.4 is 10.4 Å². The molecule has 2 aromatic carbocycles. The molecule has 0 aliphatic heterocycles. The van der Waals surface area contributed by atoms with Crippen LogP contribution in [0.15, 0.2) is 60.7 Å². The lowest BCUT2D eigenvalue weighted by molar-refractivity contribution is -0.146. The highest BCUT2D eigenvalue weighted by Gasteiger charge is 2.63. The molecule has 0 saturated heterocycles. The molecule has 0 heterocycles. The van der Waals surface area contributed by atoms with Gasteiger partial charge < -0.3 is 9.16 Å². The molecule has 0 amide bonds. The molecule has 2 atom stereocenters. The first-order valence-corrected chi connectivity index (χ1v) is 11.8. The summed E-state index contributed by atoms with van der Waals surface area (Å²) < 4.78 is 26.9. The first-order chi connectivity index (χ1) is 13.2. The van der Waals surface area contributed by atoms with Gasteiger partial charge in [-0.05, 0) is 22.3 Å². The van der Waals surface area contributed by atoms with Crippen molar-refractivity contribution in [3.05, 3.63) is 60.7 Å². The molecule has 3 nitrogen and oxygen atoms in total. The molecule has 1 aliphatic rings. The van der Waals surface area contributed by atoms with Crippen molar-refractivity contribution in [3.8, 4) is 0 Å². The second-order valence-corrected chi connectivity index (χ2v) is 12.8. The van der Waals surface area contributed by atoms with E-state index in [2.05, 4.69) is 45.0 Å². The maximum Gasteiger partial charge on any atom is 0.312 e. The molecular weight excluding hydrogens is 371 g/mol. The minimum Gasteiger partial charge on any atom is -0.466 e. The number of alkyl halides is 1. The van der Waals surface area contributed by atoms with Crippen LogP contribution in [0.25, 0.3) is 0 Å². The number of ether oxygens (including phenoxy) is 1. The molecule has 1 fully saturated rings. The van der Waals surface area contributed by atoms with Crippen molar-refractivity contribution in [1.29, 1.82) is 0 Å². The van der Waals surface area contributed by atoms with Crippen LogP contribution in [-0.2, 0) is 14.0 Å². The van der Waals surface area contributed by atoms with E-state index in [0.29, 0.717) is 0 Å². The van der Waals surface area contributed by atoms with Gasteiger partial charge in [0.05, 0.1) is 19.1 Å². The molecule has 1 aliphatic carbocycles. The van der Waals surface area contributed by atoms with E-state index < -0.39 is 25.9 Å². The minimum absolute atomic E-state index is 0.0935. The van der Waals surface area contributed by atoms with Gasteiger partial charge in [-0.2, -0.15) is 0 Å². The summed E-state index contributed by atoms with van der Waals surface area (Å²) in [6, 6.07) is 20.2. The summed E-state index contributed by atoms with van der Waals surface area (Å²) >= 11 is 0. The zero-order valence-corrected chi connectivity index (χ0v) is 18.1. The van der Waals surface area contributed by atoms with Crippen molar-refractivity contribution in [2.75, 3.05) is 13.2 Å². The molecule has 3 rings (SSSR count). The smallest absolute Gasteiger partial charge is 0.312 e. The summed E-state index contributed by atoms with van der Waals surface area (Å²) in [5, 5.41) is 1.98. The summed E-state index contributed by atoms with van der Waals surface area (Å²) in [7, 11) is -2.79. The van der Waals surface area contributed by atoms with E-state index in [0.717, 1.165) is 10.4 Å². The normalized spacial score (nSPS) is 22.0. The van der Waals surface area contributed by atoms with Crippen molar-refractivity contribution >= 4 is 24.7 Å². The van der Waals surface area contributed by atoms with E-state index in [9.17, 15) is 4.79 Å². The fourth-order valence-electron chi connectivity index (χ4n) is 3.97. The third-order valence-corrected chi connectivity index (χ3v) is 10.5. The number of carbonyl (C=O) groups is 1. The standard InChI is InChI=1S/C23H29FO3Si/c1-5-26-21(25)20-16-23(20,24)17-27-28(22(2,3)4,18-12-8-6-9-13-18)19-14-10-7-11-15-19/h6-15,20H,5,16-17H2,1-4H3. The van der Waals surface area contributed by atoms with Gasteiger partial charge in [0.25, 0.3) is 8.32 Å².